The molecule has 0 saturated heterocycles. The Morgan fingerprint density at radius 2 is 2.12 bits per heavy atom. The van der Waals surface area contributed by atoms with E-state index in [2.05, 4.69) is 10.0 Å². The van der Waals surface area contributed by atoms with Crippen LogP contribution < -0.4 is 4.74 Å². The standard InChI is InChI=1S/C11H15N3O2/c1-2-7-16-10-5-3-9(4-6-10)11(15)8-13-14-12/h3-6,11,15H,2,7-8H2,1H3/t11-/m0/s1. The first-order chi connectivity index (χ1) is 7.77. The van der Waals surface area contributed by atoms with Gasteiger partial charge in [0.05, 0.1) is 19.3 Å². The van der Waals surface area contributed by atoms with Gasteiger partial charge >= 0.3 is 0 Å². The molecule has 5 nitrogen and oxygen atoms in total. The number of azide groups is 1. The third-order valence-corrected chi connectivity index (χ3v) is 2.06. The number of aliphatic hydroxyl groups excluding tert-OH is 1. The molecule has 0 aliphatic carbocycles. The summed E-state index contributed by atoms with van der Waals surface area (Å²) in [6.07, 6.45) is 0.206. The zero-order valence-corrected chi connectivity index (χ0v) is 9.21. The van der Waals surface area contributed by atoms with Crippen molar-refractivity contribution in [2.24, 2.45) is 5.11 Å². The molecule has 1 atom stereocenters. The Labute approximate surface area is 94.3 Å². The van der Waals surface area contributed by atoms with Gasteiger partial charge in [0.2, 0.25) is 0 Å². The molecule has 0 amide bonds. The van der Waals surface area contributed by atoms with Crippen LogP contribution in [0.2, 0.25) is 0 Å². The van der Waals surface area contributed by atoms with E-state index in [0.717, 1.165) is 17.7 Å². The molecule has 0 fully saturated rings. The summed E-state index contributed by atoms with van der Waals surface area (Å²) in [6, 6.07) is 7.12. The zero-order chi connectivity index (χ0) is 11.8. The number of nitrogens with zero attached hydrogens (tertiary/aromatic N) is 3. The molecule has 1 N–H and O–H groups in total. The summed E-state index contributed by atoms with van der Waals surface area (Å²) in [5.74, 6) is 0.779. The zero-order valence-electron chi connectivity index (χ0n) is 9.21. The Balaban J connectivity index is 2.59. The smallest absolute Gasteiger partial charge is 0.119 e. The first-order valence-electron chi connectivity index (χ1n) is 5.19. The molecule has 0 aliphatic rings. The lowest BCUT2D eigenvalue weighted by Crippen LogP contribution is -2.01. The summed E-state index contributed by atoms with van der Waals surface area (Å²) < 4.78 is 5.41. The maximum Gasteiger partial charge on any atom is 0.119 e. The molecule has 0 saturated carbocycles. The molecule has 1 aromatic carbocycles. The van der Waals surface area contributed by atoms with Crippen molar-refractivity contribution in [3.05, 3.63) is 40.3 Å². The van der Waals surface area contributed by atoms with Crippen LogP contribution in [0.4, 0.5) is 0 Å². The highest BCUT2D eigenvalue weighted by Gasteiger charge is 2.05. The molecule has 0 unspecified atom stereocenters. The highest BCUT2D eigenvalue weighted by molar-refractivity contribution is 5.28. The summed E-state index contributed by atoms with van der Waals surface area (Å²) in [6.45, 7) is 2.77. The first-order valence-corrected chi connectivity index (χ1v) is 5.19. The van der Waals surface area contributed by atoms with Gasteiger partial charge in [-0.15, -0.1) is 0 Å². The van der Waals surface area contributed by atoms with E-state index in [9.17, 15) is 5.11 Å². The fourth-order valence-electron chi connectivity index (χ4n) is 1.23. The van der Waals surface area contributed by atoms with Crippen molar-refractivity contribution in [3.8, 4) is 5.75 Å². The van der Waals surface area contributed by atoms with E-state index in [1.807, 2.05) is 6.92 Å². The predicted molar refractivity (Wildman–Crippen MR) is 61.2 cm³/mol. The molecule has 0 spiro atoms. The second-order valence-corrected chi connectivity index (χ2v) is 3.35. The average molecular weight is 221 g/mol. The van der Waals surface area contributed by atoms with Crippen molar-refractivity contribution in [3.63, 3.8) is 0 Å². The molecule has 0 heterocycles. The van der Waals surface area contributed by atoms with Gasteiger partial charge in [0, 0.05) is 4.91 Å². The SMILES string of the molecule is CCCOc1ccc([C@@H](O)CN=[N+]=[N-])cc1. The fraction of sp³-hybridized carbons (Fsp3) is 0.455. The quantitative estimate of drug-likeness (QED) is 0.455. The van der Waals surface area contributed by atoms with Gasteiger partial charge in [0.25, 0.3) is 0 Å². The van der Waals surface area contributed by atoms with E-state index in [4.69, 9.17) is 10.3 Å². The van der Waals surface area contributed by atoms with Crippen LogP contribution in [0.3, 0.4) is 0 Å². The Hall–Kier alpha value is -1.71. The van der Waals surface area contributed by atoms with E-state index in [1.165, 1.54) is 0 Å². The number of rotatable bonds is 6. The van der Waals surface area contributed by atoms with E-state index in [0.29, 0.717) is 6.61 Å². The lowest BCUT2D eigenvalue weighted by atomic mass is 10.1. The van der Waals surface area contributed by atoms with Crippen molar-refractivity contribution in [1.29, 1.82) is 0 Å². The van der Waals surface area contributed by atoms with E-state index in [1.54, 1.807) is 24.3 Å². The number of aliphatic hydroxyl groups is 1. The fourth-order valence-corrected chi connectivity index (χ4v) is 1.23. The van der Waals surface area contributed by atoms with E-state index in [-0.39, 0.29) is 6.54 Å². The number of benzene rings is 1. The minimum atomic E-state index is -0.754. The third kappa shape index (κ3) is 3.81. The summed E-state index contributed by atoms with van der Waals surface area (Å²) in [4.78, 5) is 2.60. The van der Waals surface area contributed by atoms with Crippen molar-refractivity contribution in [2.45, 2.75) is 19.4 Å². The largest absolute Gasteiger partial charge is 0.494 e. The van der Waals surface area contributed by atoms with Gasteiger partial charge in [0.15, 0.2) is 0 Å². The van der Waals surface area contributed by atoms with Crippen LogP contribution in [0.25, 0.3) is 10.4 Å². The minimum Gasteiger partial charge on any atom is -0.494 e. The van der Waals surface area contributed by atoms with Crippen LogP contribution >= 0.6 is 0 Å². The lowest BCUT2D eigenvalue weighted by Gasteiger charge is -2.09. The van der Waals surface area contributed by atoms with Gasteiger partial charge in [0.1, 0.15) is 5.75 Å². The van der Waals surface area contributed by atoms with Crippen LogP contribution in [0, 0.1) is 0 Å². The van der Waals surface area contributed by atoms with Gasteiger partial charge in [-0.3, -0.25) is 0 Å². The van der Waals surface area contributed by atoms with Crippen LogP contribution in [0.1, 0.15) is 25.0 Å². The molecule has 0 aliphatic heterocycles. The monoisotopic (exact) mass is 221 g/mol. The van der Waals surface area contributed by atoms with E-state index < -0.39 is 6.10 Å². The molecule has 16 heavy (non-hydrogen) atoms. The molecule has 1 rings (SSSR count). The maximum absolute atomic E-state index is 9.61. The molecule has 0 aromatic heterocycles. The first kappa shape index (κ1) is 12.4. The van der Waals surface area contributed by atoms with Crippen LogP contribution in [-0.2, 0) is 0 Å². The molecule has 86 valence electrons. The number of hydrogen-bond donors (Lipinski definition) is 1. The normalized spacial score (nSPS) is 11.6. The van der Waals surface area contributed by atoms with Crippen LogP contribution in [-0.4, -0.2) is 18.3 Å². The van der Waals surface area contributed by atoms with Crippen molar-refractivity contribution >= 4 is 0 Å². The van der Waals surface area contributed by atoms with Crippen molar-refractivity contribution in [1.82, 2.24) is 0 Å². The molecule has 0 bridgehead atoms. The van der Waals surface area contributed by atoms with E-state index >= 15 is 0 Å². The van der Waals surface area contributed by atoms with Crippen LogP contribution in [0.15, 0.2) is 29.4 Å². The summed E-state index contributed by atoms with van der Waals surface area (Å²) in [7, 11) is 0. The second-order valence-electron chi connectivity index (χ2n) is 3.35. The molecule has 0 radical (unpaired) electrons. The molecule has 5 heteroatoms. The second kappa shape index (κ2) is 6.71. The number of hydrogen-bond acceptors (Lipinski definition) is 3. The highest BCUT2D eigenvalue weighted by Crippen LogP contribution is 2.18. The van der Waals surface area contributed by atoms with Crippen LogP contribution in [0.5, 0.6) is 5.75 Å². The summed E-state index contributed by atoms with van der Waals surface area (Å²) >= 11 is 0. The molecular formula is C11H15N3O2. The van der Waals surface area contributed by atoms with Crippen molar-refractivity contribution in [2.75, 3.05) is 13.2 Å². The minimum absolute atomic E-state index is 0.0473. The molecular weight excluding hydrogens is 206 g/mol. The summed E-state index contributed by atoms with van der Waals surface area (Å²) in [5.41, 5.74) is 8.85. The Kier molecular flexibility index (Phi) is 5.19. The van der Waals surface area contributed by atoms with Gasteiger partial charge in [-0.05, 0) is 29.6 Å². The summed E-state index contributed by atoms with van der Waals surface area (Å²) in [5, 5.41) is 12.9. The molecule has 1 aromatic rings. The maximum atomic E-state index is 9.61. The van der Waals surface area contributed by atoms with Gasteiger partial charge in [-0.2, -0.15) is 0 Å². The van der Waals surface area contributed by atoms with Gasteiger partial charge < -0.3 is 9.84 Å². The Bertz CT molecular complexity index is 358. The third-order valence-electron chi connectivity index (χ3n) is 2.06. The Morgan fingerprint density at radius 1 is 1.44 bits per heavy atom. The highest BCUT2D eigenvalue weighted by atomic mass is 16.5. The predicted octanol–water partition coefficient (Wildman–Crippen LogP) is 2.82. The van der Waals surface area contributed by atoms with Crippen molar-refractivity contribution < 1.29 is 9.84 Å². The Morgan fingerprint density at radius 3 is 2.69 bits per heavy atom. The van der Waals surface area contributed by atoms with Gasteiger partial charge in [-0.25, -0.2) is 0 Å². The van der Waals surface area contributed by atoms with Gasteiger partial charge in [-0.1, -0.05) is 24.2 Å². The topological polar surface area (TPSA) is 78.2 Å². The average Bonchev–Trinajstić information content (AvgIpc) is 2.34. The lowest BCUT2D eigenvalue weighted by molar-refractivity contribution is 0.186. The number of ether oxygens (including phenoxy) is 1.